The van der Waals surface area contributed by atoms with Crippen molar-refractivity contribution in [3.8, 4) is 10.4 Å². The number of para-hydroxylation sites is 2. The van der Waals surface area contributed by atoms with E-state index in [4.69, 9.17) is 4.84 Å². The van der Waals surface area contributed by atoms with E-state index < -0.39 is 23.0 Å². The highest BCUT2D eigenvalue weighted by molar-refractivity contribution is 7.15. The minimum atomic E-state index is -0.937. The second-order valence-electron chi connectivity index (χ2n) is 8.51. The highest BCUT2D eigenvalue weighted by atomic mass is 32.1. The molecule has 2 fully saturated rings. The fourth-order valence-corrected chi connectivity index (χ4v) is 5.89. The van der Waals surface area contributed by atoms with Gasteiger partial charge in [-0.05, 0) is 54.1 Å². The maximum atomic E-state index is 13.7. The first-order valence-corrected chi connectivity index (χ1v) is 12.1. The van der Waals surface area contributed by atoms with Crippen molar-refractivity contribution in [2.75, 3.05) is 9.96 Å². The number of amides is 2. The van der Waals surface area contributed by atoms with Crippen LogP contribution in [-0.4, -0.2) is 22.8 Å². The Morgan fingerprint density at radius 2 is 1.42 bits per heavy atom. The summed E-state index contributed by atoms with van der Waals surface area (Å²) in [6, 6.07) is 28.0. The quantitative estimate of drug-likeness (QED) is 0.209. The van der Waals surface area contributed by atoms with Crippen molar-refractivity contribution < 1.29 is 19.3 Å². The predicted octanol–water partition coefficient (Wildman–Crippen LogP) is 5.37. The molecule has 4 aromatic rings. The lowest BCUT2D eigenvalue weighted by Crippen LogP contribution is -2.37. The number of benzene rings is 3. The molecular weight excluding hydrogens is 478 g/mol. The van der Waals surface area contributed by atoms with Gasteiger partial charge in [0.25, 0.3) is 11.6 Å². The van der Waals surface area contributed by atoms with Crippen LogP contribution in [0.3, 0.4) is 0 Å². The minimum Gasteiger partial charge on any atom is -0.273 e. The second-order valence-corrected chi connectivity index (χ2v) is 9.63. The summed E-state index contributed by atoms with van der Waals surface area (Å²) < 4.78 is 0. The fourth-order valence-electron chi connectivity index (χ4n) is 4.75. The van der Waals surface area contributed by atoms with Gasteiger partial charge in [-0.25, -0.2) is 9.96 Å². The van der Waals surface area contributed by atoms with Gasteiger partial charge in [-0.3, -0.25) is 24.5 Å². The van der Waals surface area contributed by atoms with Crippen molar-refractivity contribution in [1.82, 2.24) is 0 Å². The Balaban J connectivity index is 1.40. The van der Waals surface area contributed by atoms with Crippen LogP contribution in [0.15, 0.2) is 97.1 Å². The Bertz CT molecular complexity index is 1460. The van der Waals surface area contributed by atoms with Gasteiger partial charge in [0, 0.05) is 21.9 Å². The highest BCUT2D eigenvalue weighted by Crippen LogP contribution is 2.49. The molecule has 0 aliphatic carbocycles. The molecule has 0 spiro atoms. The van der Waals surface area contributed by atoms with E-state index in [2.05, 4.69) is 0 Å². The van der Waals surface area contributed by atoms with E-state index in [9.17, 15) is 19.7 Å². The molecule has 178 valence electrons. The Labute approximate surface area is 210 Å². The molecule has 3 aromatic carbocycles. The molecule has 2 saturated heterocycles. The number of non-ortho nitro benzene ring substituents is 1. The molecule has 1 aromatic heterocycles. The molecule has 3 heterocycles. The van der Waals surface area contributed by atoms with E-state index in [0.29, 0.717) is 5.69 Å². The fraction of sp³-hybridized carbons (Fsp3) is 0.111. The molecule has 0 N–H and O–H groups in total. The SMILES string of the molecule is O=C1[C@@H]2[C@H](ON(c3ccccc3)[C@H]2c2ccc(-c3ccc([N+](=O)[O-])cc3)s2)C(=O)N1c1ccccc1. The molecule has 3 atom stereocenters. The van der Waals surface area contributed by atoms with Crippen LogP contribution in [0.2, 0.25) is 0 Å². The van der Waals surface area contributed by atoms with E-state index in [0.717, 1.165) is 21.0 Å². The second kappa shape index (κ2) is 8.71. The summed E-state index contributed by atoms with van der Waals surface area (Å²) in [5.74, 6) is -1.40. The number of hydroxylamine groups is 1. The van der Waals surface area contributed by atoms with Crippen molar-refractivity contribution in [3.63, 3.8) is 0 Å². The van der Waals surface area contributed by atoms with Crippen LogP contribution in [0.4, 0.5) is 17.1 Å². The third kappa shape index (κ3) is 3.57. The number of hydrogen-bond acceptors (Lipinski definition) is 7. The van der Waals surface area contributed by atoms with Gasteiger partial charge in [-0.15, -0.1) is 11.3 Å². The normalized spacial score (nSPS) is 21.2. The molecule has 8 nitrogen and oxygen atoms in total. The molecule has 2 amide bonds. The smallest absolute Gasteiger partial charge is 0.269 e. The first-order valence-electron chi connectivity index (χ1n) is 11.3. The summed E-state index contributed by atoms with van der Waals surface area (Å²) in [4.78, 5) is 46.8. The average molecular weight is 498 g/mol. The maximum Gasteiger partial charge on any atom is 0.269 e. The summed E-state index contributed by atoms with van der Waals surface area (Å²) in [5.41, 5.74) is 2.12. The number of fused-ring (bicyclic) bond motifs is 1. The molecule has 0 radical (unpaired) electrons. The number of anilines is 2. The largest absolute Gasteiger partial charge is 0.273 e. The highest BCUT2D eigenvalue weighted by Gasteiger charge is 2.60. The summed E-state index contributed by atoms with van der Waals surface area (Å²) >= 11 is 1.47. The Kier molecular flexibility index (Phi) is 5.36. The zero-order valence-electron chi connectivity index (χ0n) is 18.8. The van der Waals surface area contributed by atoms with Crippen LogP contribution in [0.25, 0.3) is 10.4 Å². The summed E-state index contributed by atoms with van der Waals surface area (Å²) in [7, 11) is 0. The molecule has 36 heavy (non-hydrogen) atoms. The van der Waals surface area contributed by atoms with E-state index >= 15 is 0 Å². The molecule has 0 unspecified atom stereocenters. The van der Waals surface area contributed by atoms with E-state index in [1.165, 1.54) is 28.4 Å². The van der Waals surface area contributed by atoms with Crippen molar-refractivity contribution in [1.29, 1.82) is 0 Å². The third-order valence-electron chi connectivity index (χ3n) is 6.42. The van der Waals surface area contributed by atoms with Crippen LogP contribution >= 0.6 is 11.3 Å². The van der Waals surface area contributed by atoms with E-state index in [1.807, 2.05) is 48.5 Å². The Hall–Kier alpha value is -4.34. The van der Waals surface area contributed by atoms with Crippen LogP contribution in [0, 0.1) is 16.0 Å². The average Bonchev–Trinajstić information content (AvgIpc) is 3.60. The summed E-state index contributed by atoms with van der Waals surface area (Å²) in [6.45, 7) is 0. The first-order chi connectivity index (χ1) is 17.5. The van der Waals surface area contributed by atoms with Gasteiger partial charge in [0.1, 0.15) is 12.0 Å². The van der Waals surface area contributed by atoms with Crippen molar-refractivity contribution in [2.45, 2.75) is 12.1 Å². The number of rotatable bonds is 5. The lowest BCUT2D eigenvalue weighted by Gasteiger charge is -2.27. The van der Waals surface area contributed by atoms with E-state index in [1.54, 1.807) is 41.5 Å². The first kappa shape index (κ1) is 22.1. The van der Waals surface area contributed by atoms with Crippen molar-refractivity contribution in [2.24, 2.45) is 5.92 Å². The van der Waals surface area contributed by atoms with Gasteiger partial charge in [0.2, 0.25) is 5.91 Å². The lowest BCUT2D eigenvalue weighted by atomic mass is 9.95. The molecule has 0 saturated carbocycles. The van der Waals surface area contributed by atoms with Gasteiger partial charge in [-0.2, -0.15) is 0 Å². The summed E-state index contributed by atoms with van der Waals surface area (Å²) in [5, 5.41) is 12.7. The van der Waals surface area contributed by atoms with Crippen LogP contribution < -0.4 is 9.96 Å². The number of imide groups is 1. The zero-order valence-corrected chi connectivity index (χ0v) is 19.6. The van der Waals surface area contributed by atoms with Gasteiger partial charge in [-0.1, -0.05) is 36.4 Å². The topological polar surface area (TPSA) is 93.0 Å². The van der Waals surface area contributed by atoms with Gasteiger partial charge in [0.15, 0.2) is 6.10 Å². The number of thiophene rings is 1. The van der Waals surface area contributed by atoms with Crippen LogP contribution in [0.1, 0.15) is 10.9 Å². The van der Waals surface area contributed by atoms with Crippen molar-refractivity contribution in [3.05, 3.63) is 112 Å². The third-order valence-corrected chi connectivity index (χ3v) is 7.63. The lowest BCUT2D eigenvalue weighted by molar-refractivity contribution is -0.384. The van der Waals surface area contributed by atoms with Gasteiger partial charge in [0.05, 0.1) is 16.3 Å². The molecule has 2 aliphatic rings. The van der Waals surface area contributed by atoms with Crippen LogP contribution in [0.5, 0.6) is 0 Å². The predicted molar refractivity (Wildman–Crippen MR) is 135 cm³/mol. The standard InChI is InChI=1S/C27H19N3O5S/c31-26-23-24(22-16-15-21(36-22)17-11-13-20(14-12-17)30(33)34)29(19-9-5-2-6-10-19)35-25(23)27(32)28(26)18-7-3-1-4-8-18/h1-16,23-25H/t23-,24-,25-/m0/s1. The number of carbonyl (C=O) groups is 2. The number of carbonyl (C=O) groups excluding carboxylic acids is 2. The molecule has 0 bridgehead atoms. The van der Waals surface area contributed by atoms with Crippen molar-refractivity contribution >= 4 is 40.2 Å². The number of hydrogen-bond donors (Lipinski definition) is 0. The monoisotopic (exact) mass is 497 g/mol. The number of nitro groups is 1. The van der Waals surface area contributed by atoms with Gasteiger partial charge < -0.3 is 0 Å². The summed E-state index contributed by atoms with van der Waals surface area (Å²) in [6.07, 6.45) is -0.937. The number of nitrogens with zero attached hydrogens (tertiary/aromatic N) is 3. The molecular formula is C27H19N3O5S. The zero-order chi connectivity index (χ0) is 24.8. The molecule has 9 heteroatoms. The minimum absolute atomic E-state index is 0.0221. The molecule has 6 rings (SSSR count). The van der Waals surface area contributed by atoms with Crippen LogP contribution in [-0.2, 0) is 14.4 Å². The Morgan fingerprint density at radius 1 is 0.778 bits per heavy atom. The van der Waals surface area contributed by atoms with Gasteiger partial charge >= 0.3 is 0 Å². The molecule has 2 aliphatic heterocycles. The number of nitro benzene ring substituents is 1. The maximum absolute atomic E-state index is 13.7. The Morgan fingerprint density at radius 3 is 2.06 bits per heavy atom. The van der Waals surface area contributed by atoms with E-state index in [-0.39, 0.29) is 17.5 Å².